The van der Waals surface area contributed by atoms with Crippen LogP contribution in [0.25, 0.3) is 22.4 Å². The van der Waals surface area contributed by atoms with Gasteiger partial charge < -0.3 is 19.9 Å². The van der Waals surface area contributed by atoms with Gasteiger partial charge in [-0.05, 0) is 31.0 Å². The van der Waals surface area contributed by atoms with Crippen molar-refractivity contribution in [2.45, 2.75) is 32.2 Å². The van der Waals surface area contributed by atoms with Crippen LogP contribution in [0.3, 0.4) is 0 Å². The number of fused-ring (bicyclic) bond motifs is 1. The van der Waals surface area contributed by atoms with E-state index in [0.29, 0.717) is 31.3 Å². The SMILES string of the molecule is CC(=O)N1CCC(NC2CCOCC2)=C(C(=N)c2cccc3[nH]c(-c4cccnc4)nc23)C1. The molecule has 2 aliphatic heterocycles. The lowest BCUT2D eigenvalue weighted by Gasteiger charge is -2.34. The van der Waals surface area contributed by atoms with Gasteiger partial charge in [0.1, 0.15) is 5.82 Å². The fraction of sp³-hybridized carbons (Fsp3) is 0.360. The Labute approximate surface area is 192 Å². The van der Waals surface area contributed by atoms with E-state index in [1.165, 1.54) is 0 Å². The van der Waals surface area contributed by atoms with Crippen LogP contribution in [0, 0.1) is 5.41 Å². The molecule has 0 saturated carbocycles. The molecule has 33 heavy (non-hydrogen) atoms. The molecule has 5 rings (SSSR count). The van der Waals surface area contributed by atoms with Gasteiger partial charge in [0, 0.05) is 80.5 Å². The number of para-hydroxylation sites is 1. The number of amides is 1. The zero-order chi connectivity index (χ0) is 22.8. The van der Waals surface area contributed by atoms with E-state index in [0.717, 1.165) is 65.3 Å². The number of aromatic nitrogens is 3. The van der Waals surface area contributed by atoms with Gasteiger partial charge >= 0.3 is 0 Å². The van der Waals surface area contributed by atoms with Crippen LogP contribution in [0.4, 0.5) is 0 Å². The molecular formula is C25H28N6O2. The smallest absolute Gasteiger partial charge is 0.219 e. The summed E-state index contributed by atoms with van der Waals surface area (Å²) < 4.78 is 5.50. The number of nitrogens with one attached hydrogen (secondary N) is 3. The maximum atomic E-state index is 12.1. The highest BCUT2D eigenvalue weighted by atomic mass is 16.5. The average molecular weight is 445 g/mol. The number of hydrogen-bond acceptors (Lipinski definition) is 6. The largest absolute Gasteiger partial charge is 0.385 e. The molecule has 0 unspecified atom stereocenters. The van der Waals surface area contributed by atoms with E-state index >= 15 is 0 Å². The highest BCUT2D eigenvalue weighted by Crippen LogP contribution is 2.27. The monoisotopic (exact) mass is 444 g/mol. The highest BCUT2D eigenvalue weighted by Gasteiger charge is 2.27. The van der Waals surface area contributed by atoms with Gasteiger partial charge in [0.2, 0.25) is 5.91 Å². The molecule has 2 aliphatic rings. The van der Waals surface area contributed by atoms with Crippen molar-refractivity contribution in [3.63, 3.8) is 0 Å². The molecular weight excluding hydrogens is 416 g/mol. The normalized spacial score (nSPS) is 17.4. The highest BCUT2D eigenvalue weighted by molar-refractivity contribution is 6.17. The zero-order valence-electron chi connectivity index (χ0n) is 18.7. The molecule has 1 aromatic carbocycles. The molecule has 0 aliphatic carbocycles. The van der Waals surface area contributed by atoms with Gasteiger partial charge in [-0.25, -0.2) is 4.98 Å². The summed E-state index contributed by atoms with van der Waals surface area (Å²) in [5.74, 6) is 0.754. The van der Waals surface area contributed by atoms with Crippen LogP contribution in [-0.4, -0.2) is 63.8 Å². The van der Waals surface area contributed by atoms with Crippen molar-refractivity contribution in [1.82, 2.24) is 25.2 Å². The van der Waals surface area contributed by atoms with E-state index in [9.17, 15) is 10.2 Å². The fourth-order valence-corrected chi connectivity index (χ4v) is 4.55. The summed E-state index contributed by atoms with van der Waals surface area (Å²) in [7, 11) is 0. The summed E-state index contributed by atoms with van der Waals surface area (Å²) >= 11 is 0. The lowest BCUT2D eigenvalue weighted by atomic mass is 9.94. The third kappa shape index (κ3) is 4.39. The molecule has 1 amide bonds. The molecule has 2 aromatic heterocycles. The second-order valence-corrected chi connectivity index (χ2v) is 8.58. The first-order valence-corrected chi connectivity index (χ1v) is 11.4. The number of pyridine rings is 1. The zero-order valence-corrected chi connectivity index (χ0v) is 18.7. The number of nitrogens with zero attached hydrogens (tertiary/aromatic N) is 3. The van der Waals surface area contributed by atoms with E-state index in [2.05, 4.69) is 15.3 Å². The number of benzene rings is 1. The van der Waals surface area contributed by atoms with Crippen LogP contribution in [0.1, 0.15) is 31.7 Å². The fourth-order valence-electron chi connectivity index (χ4n) is 4.55. The summed E-state index contributed by atoms with van der Waals surface area (Å²) in [6.07, 6.45) is 6.11. The minimum atomic E-state index is 0.0299. The number of hydrogen-bond donors (Lipinski definition) is 3. The summed E-state index contributed by atoms with van der Waals surface area (Å²) in [5, 5.41) is 12.9. The van der Waals surface area contributed by atoms with Crippen molar-refractivity contribution in [2.24, 2.45) is 0 Å². The first-order valence-electron chi connectivity index (χ1n) is 11.4. The summed E-state index contributed by atoms with van der Waals surface area (Å²) in [5.41, 5.74) is 5.60. The molecule has 170 valence electrons. The van der Waals surface area contributed by atoms with E-state index in [1.807, 2.05) is 35.2 Å². The van der Waals surface area contributed by atoms with E-state index in [-0.39, 0.29) is 5.91 Å². The molecule has 0 bridgehead atoms. The van der Waals surface area contributed by atoms with Crippen molar-refractivity contribution in [3.05, 3.63) is 59.6 Å². The second-order valence-electron chi connectivity index (χ2n) is 8.58. The first kappa shape index (κ1) is 21.3. The molecule has 1 saturated heterocycles. The van der Waals surface area contributed by atoms with Gasteiger partial charge in [-0.2, -0.15) is 0 Å². The van der Waals surface area contributed by atoms with Gasteiger partial charge in [-0.15, -0.1) is 0 Å². The van der Waals surface area contributed by atoms with Gasteiger partial charge in [0.15, 0.2) is 0 Å². The van der Waals surface area contributed by atoms with E-state index < -0.39 is 0 Å². The van der Waals surface area contributed by atoms with Gasteiger partial charge in [-0.3, -0.25) is 15.2 Å². The minimum absolute atomic E-state index is 0.0299. The molecule has 3 N–H and O–H groups in total. The number of carbonyl (C=O) groups excluding carboxylic acids is 1. The summed E-state index contributed by atoms with van der Waals surface area (Å²) in [6, 6.07) is 10.0. The van der Waals surface area contributed by atoms with Crippen molar-refractivity contribution in [2.75, 3.05) is 26.3 Å². The number of ether oxygens (including phenoxy) is 1. The Balaban J connectivity index is 1.53. The quantitative estimate of drug-likeness (QED) is 0.524. The number of H-pyrrole nitrogens is 1. The Morgan fingerprint density at radius 3 is 2.85 bits per heavy atom. The van der Waals surface area contributed by atoms with Crippen LogP contribution in [0.2, 0.25) is 0 Å². The number of rotatable bonds is 5. The van der Waals surface area contributed by atoms with Crippen molar-refractivity contribution < 1.29 is 9.53 Å². The lowest BCUT2D eigenvalue weighted by Crippen LogP contribution is -2.43. The van der Waals surface area contributed by atoms with Crippen molar-refractivity contribution in [1.29, 1.82) is 5.41 Å². The Kier molecular flexibility index (Phi) is 5.92. The van der Waals surface area contributed by atoms with Gasteiger partial charge in [-0.1, -0.05) is 12.1 Å². The second kappa shape index (κ2) is 9.15. The first-order chi connectivity index (χ1) is 16.1. The molecule has 0 spiro atoms. The average Bonchev–Trinajstić information content (AvgIpc) is 3.29. The topological polar surface area (TPSA) is 107 Å². The Morgan fingerprint density at radius 2 is 2.09 bits per heavy atom. The molecule has 0 atom stereocenters. The summed E-state index contributed by atoms with van der Waals surface area (Å²) in [4.78, 5) is 26.3. The number of carbonyl (C=O) groups is 1. The lowest BCUT2D eigenvalue weighted by molar-refractivity contribution is -0.128. The maximum Gasteiger partial charge on any atom is 0.219 e. The Morgan fingerprint density at radius 1 is 1.24 bits per heavy atom. The minimum Gasteiger partial charge on any atom is -0.385 e. The molecule has 8 nitrogen and oxygen atoms in total. The van der Waals surface area contributed by atoms with Crippen molar-refractivity contribution >= 4 is 22.7 Å². The van der Waals surface area contributed by atoms with Crippen LogP contribution in [0.5, 0.6) is 0 Å². The molecule has 0 radical (unpaired) electrons. The Bertz CT molecular complexity index is 1210. The Hall–Kier alpha value is -3.52. The predicted octanol–water partition coefficient (Wildman–Crippen LogP) is 3.27. The van der Waals surface area contributed by atoms with Gasteiger partial charge in [0.05, 0.1) is 16.7 Å². The van der Waals surface area contributed by atoms with Crippen LogP contribution in [0.15, 0.2) is 54.0 Å². The van der Waals surface area contributed by atoms with Gasteiger partial charge in [0.25, 0.3) is 0 Å². The summed E-state index contributed by atoms with van der Waals surface area (Å²) in [6.45, 7) is 4.18. The van der Waals surface area contributed by atoms with E-state index in [1.54, 1.807) is 19.3 Å². The molecule has 3 aromatic rings. The third-order valence-corrected chi connectivity index (χ3v) is 6.41. The molecule has 4 heterocycles. The standard InChI is InChI=1S/C25H28N6O2/c1-16(32)31-11-7-21(28-18-8-12-33-13-9-18)20(15-31)23(26)19-5-2-6-22-24(19)30-25(29-22)17-4-3-10-27-14-17/h2-6,10,14,18,26,28H,7-9,11-13,15H2,1H3,(H,29,30). The van der Waals surface area contributed by atoms with Crippen LogP contribution >= 0.6 is 0 Å². The number of imidazole rings is 1. The van der Waals surface area contributed by atoms with Crippen LogP contribution in [-0.2, 0) is 9.53 Å². The molecule has 8 heteroatoms. The van der Waals surface area contributed by atoms with Crippen LogP contribution < -0.4 is 5.32 Å². The maximum absolute atomic E-state index is 12.1. The molecule has 1 fully saturated rings. The van der Waals surface area contributed by atoms with E-state index in [4.69, 9.17) is 9.72 Å². The van der Waals surface area contributed by atoms with Crippen molar-refractivity contribution in [3.8, 4) is 11.4 Å². The predicted molar refractivity (Wildman–Crippen MR) is 127 cm³/mol. The number of aromatic amines is 1. The third-order valence-electron chi connectivity index (χ3n) is 6.41.